The van der Waals surface area contributed by atoms with Gasteiger partial charge >= 0.3 is 0 Å². The molecule has 1 rings (SSSR count). The molecule has 2 N–H and O–H groups in total. The van der Waals surface area contributed by atoms with Crippen molar-refractivity contribution in [2.75, 3.05) is 32.9 Å². The second kappa shape index (κ2) is 6.68. The van der Waals surface area contributed by atoms with Gasteiger partial charge in [0.25, 0.3) is 0 Å². The summed E-state index contributed by atoms with van der Waals surface area (Å²) < 4.78 is 26.5. The molecule has 0 amide bonds. The summed E-state index contributed by atoms with van der Waals surface area (Å²) in [5, 5.41) is 3.21. The van der Waals surface area contributed by atoms with Crippen LogP contribution in [0.5, 0.6) is 0 Å². The summed E-state index contributed by atoms with van der Waals surface area (Å²) in [5.74, 6) is 0.208. The molecule has 0 radical (unpaired) electrons. The van der Waals surface area contributed by atoms with Gasteiger partial charge in [-0.1, -0.05) is 0 Å². The molecule has 0 aromatic heterocycles. The second-order valence-electron chi connectivity index (χ2n) is 5.19. The minimum absolute atomic E-state index is 0.00352. The highest BCUT2D eigenvalue weighted by Gasteiger charge is 2.23. The number of hydrogen-bond donors (Lipinski definition) is 2. The fourth-order valence-electron chi connectivity index (χ4n) is 2.03. The molecule has 0 aliphatic carbocycles. The Morgan fingerprint density at radius 2 is 2.18 bits per heavy atom. The number of nitrogens with zero attached hydrogens (tertiary/aromatic N) is 1. The predicted octanol–water partition coefficient (Wildman–Crippen LogP) is -0.00200. The lowest BCUT2D eigenvalue weighted by atomic mass is 10.2. The molecule has 0 spiro atoms. The first-order valence-electron chi connectivity index (χ1n) is 6.27. The maximum atomic E-state index is 11.9. The molecule has 0 aromatic rings. The van der Waals surface area contributed by atoms with Crippen molar-refractivity contribution >= 4 is 10.0 Å². The lowest BCUT2D eigenvalue weighted by molar-refractivity contribution is 0.378. The van der Waals surface area contributed by atoms with E-state index in [1.165, 1.54) is 0 Å². The first-order valence-corrected chi connectivity index (χ1v) is 7.92. The molecule has 6 heteroatoms. The zero-order valence-electron chi connectivity index (χ0n) is 11.1. The lowest BCUT2D eigenvalue weighted by Gasteiger charge is -2.18. The molecular weight excluding hydrogens is 238 g/mol. The second-order valence-corrected chi connectivity index (χ2v) is 6.98. The number of nitrogens with one attached hydrogen (secondary N) is 2. The maximum Gasteiger partial charge on any atom is 0.213 e. The van der Waals surface area contributed by atoms with Gasteiger partial charge in [0.05, 0.1) is 5.75 Å². The first-order chi connectivity index (χ1) is 7.89. The van der Waals surface area contributed by atoms with Crippen LogP contribution in [0.2, 0.25) is 0 Å². The third-order valence-corrected chi connectivity index (χ3v) is 4.58. The molecule has 1 aliphatic rings. The maximum absolute atomic E-state index is 11.9. The van der Waals surface area contributed by atoms with Gasteiger partial charge in [0.2, 0.25) is 10.0 Å². The van der Waals surface area contributed by atoms with E-state index < -0.39 is 10.0 Å². The van der Waals surface area contributed by atoms with Crippen molar-refractivity contribution in [3.63, 3.8) is 0 Å². The van der Waals surface area contributed by atoms with Crippen LogP contribution in [-0.4, -0.2) is 58.3 Å². The van der Waals surface area contributed by atoms with Crippen LogP contribution in [-0.2, 0) is 10.0 Å². The van der Waals surface area contributed by atoms with Crippen LogP contribution in [0, 0.1) is 0 Å². The lowest BCUT2D eigenvalue weighted by Crippen LogP contribution is -2.41. The van der Waals surface area contributed by atoms with E-state index in [0.29, 0.717) is 0 Å². The number of sulfonamides is 1. The quantitative estimate of drug-likeness (QED) is 0.679. The largest absolute Gasteiger partial charge is 0.313 e. The topological polar surface area (TPSA) is 61.4 Å². The summed E-state index contributed by atoms with van der Waals surface area (Å²) in [5.41, 5.74) is 0. The van der Waals surface area contributed by atoms with Gasteiger partial charge in [0.15, 0.2) is 0 Å². The smallest absolute Gasteiger partial charge is 0.213 e. The van der Waals surface area contributed by atoms with Gasteiger partial charge in [-0.25, -0.2) is 13.1 Å². The molecule has 5 nitrogen and oxygen atoms in total. The van der Waals surface area contributed by atoms with Gasteiger partial charge < -0.3 is 10.2 Å². The van der Waals surface area contributed by atoms with Crippen molar-refractivity contribution < 1.29 is 8.42 Å². The highest BCUT2D eigenvalue weighted by molar-refractivity contribution is 7.89. The van der Waals surface area contributed by atoms with Crippen LogP contribution in [0.25, 0.3) is 0 Å². The van der Waals surface area contributed by atoms with Gasteiger partial charge in [-0.15, -0.1) is 0 Å². The Labute approximate surface area is 105 Å². The van der Waals surface area contributed by atoms with Crippen LogP contribution >= 0.6 is 0 Å². The van der Waals surface area contributed by atoms with E-state index in [1.807, 2.05) is 21.0 Å². The average molecular weight is 263 g/mol. The predicted molar refractivity (Wildman–Crippen MR) is 70.6 cm³/mol. The Kier molecular flexibility index (Phi) is 5.85. The third-order valence-electron chi connectivity index (χ3n) is 2.97. The molecule has 2 unspecified atom stereocenters. The molecular formula is C11H25N3O2S. The molecule has 1 aliphatic heterocycles. The minimum atomic E-state index is -3.14. The van der Waals surface area contributed by atoms with Crippen molar-refractivity contribution in [2.45, 2.75) is 38.3 Å². The number of hydrogen-bond acceptors (Lipinski definition) is 4. The van der Waals surface area contributed by atoms with Crippen molar-refractivity contribution in [3.8, 4) is 0 Å². The summed E-state index contributed by atoms with van der Waals surface area (Å²) in [6.45, 7) is 3.75. The van der Waals surface area contributed by atoms with E-state index in [9.17, 15) is 8.42 Å². The normalized spacial score (nSPS) is 23.2. The van der Waals surface area contributed by atoms with Crippen LogP contribution in [0.4, 0.5) is 0 Å². The van der Waals surface area contributed by atoms with Gasteiger partial charge in [0, 0.05) is 12.1 Å². The van der Waals surface area contributed by atoms with E-state index in [-0.39, 0.29) is 17.8 Å². The molecule has 0 bridgehead atoms. The fourth-order valence-corrected chi connectivity index (χ4v) is 3.67. The van der Waals surface area contributed by atoms with E-state index >= 15 is 0 Å². The van der Waals surface area contributed by atoms with Gasteiger partial charge in [-0.3, -0.25) is 0 Å². The fraction of sp³-hybridized carbons (Fsp3) is 1.00. The van der Waals surface area contributed by atoms with E-state index in [2.05, 4.69) is 14.9 Å². The van der Waals surface area contributed by atoms with Crippen molar-refractivity contribution in [2.24, 2.45) is 0 Å². The molecule has 1 saturated heterocycles. The summed E-state index contributed by atoms with van der Waals surface area (Å²) >= 11 is 0. The summed E-state index contributed by atoms with van der Waals surface area (Å²) in [7, 11) is 0.836. The molecule has 102 valence electrons. The average Bonchev–Trinajstić information content (AvgIpc) is 2.65. The van der Waals surface area contributed by atoms with Crippen LogP contribution < -0.4 is 10.0 Å². The zero-order chi connectivity index (χ0) is 12.9. The van der Waals surface area contributed by atoms with Gasteiger partial charge in [-0.05, 0) is 53.4 Å². The SMILES string of the molecule is CC(CCN(C)C)NS(=O)(=O)CC1CCCN1. The van der Waals surface area contributed by atoms with Gasteiger partial charge in [-0.2, -0.15) is 0 Å². The Hall–Kier alpha value is -0.170. The highest BCUT2D eigenvalue weighted by atomic mass is 32.2. The zero-order valence-corrected chi connectivity index (χ0v) is 11.9. The van der Waals surface area contributed by atoms with Crippen LogP contribution in [0.15, 0.2) is 0 Å². The summed E-state index contributed by atoms with van der Waals surface area (Å²) in [6.07, 6.45) is 2.88. The van der Waals surface area contributed by atoms with Crippen molar-refractivity contribution in [3.05, 3.63) is 0 Å². The van der Waals surface area contributed by atoms with Crippen LogP contribution in [0.3, 0.4) is 0 Å². The number of rotatable bonds is 7. The minimum Gasteiger partial charge on any atom is -0.313 e. The Balaban J connectivity index is 2.32. The molecule has 2 atom stereocenters. The molecule has 17 heavy (non-hydrogen) atoms. The van der Waals surface area contributed by atoms with E-state index in [4.69, 9.17) is 0 Å². The van der Waals surface area contributed by atoms with E-state index in [0.717, 1.165) is 32.4 Å². The molecule has 1 fully saturated rings. The standard InChI is InChI=1S/C11H25N3O2S/c1-10(6-8-14(2)3)13-17(15,16)9-11-5-4-7-12-11/h10-13H,4-9H2,1-3H3. The Morgan fingerprint density at radius 1 is 1.47 bits per heavy atom. The molecule has 1 heterocycles. The molecule has 0 saturated carbocycles. The summed E-state index contributed by atoms with van der Waals surface area (Å²) in [4.78, 5) is 2.06. The van der Waals surface area contributed by atoms with Crippen molar-refractivity contribution in [1.29, 1.82) is 0 Å². The Morgan fingerprint density at radius 3 is 2.71 bits per heavy atom. The van der Waals surface area contributed by atoms with Crippen molar-refractivity contribution in [1.82, 2.24) is 14.9 Å². The summed E-state index contributed by atoms with van der Waals surface area (Å²) in [6, 6.07) is 0.136. The third kappa shape index (κ3) is 6.35. The van der Waals surface area contributed by atoms with Crippen LogP contribution in [0.1, 0.15) is 26.2 Å². The monoisotopic (exact) mass is 263 g/mol. The first kappa shape index (κ1) is 14.9. The highest BCUT2D eigenvalue weighted by Crippen LogP contribution is 2.07. The Bertz CT molecular complexity index is 311. The molecule has 0 aromatic carbocycles. The van der Waals surface area contributed by atoms with E-state index in [1.54, 1.807) is 0 Å². The van der Waals surface area contributed by atoms with Gasteiger partial charge in [0.1, 0.15) is 0 Å².